The molecule has 1 saturated heterocycles. The molecular weight excluding hydrogens is 568 g/mol. The number of rotatable bonds is 11. The van der Waals surface area contributed by atoms with Crippen LogP contribution in [0.15, 0.2) is 59.5 Å². The van der Waals surface area contributed by atoms with Crippen LogP contribution in [0.5, 0.6) is 11.5 Å². The number of aryl methyl sites for hydroxylation is 1. The zero-order valence-electron chi connectivity index (χ0n) is 26.6. The van der Waals surface area contributed by atoms with E-state index in [1.54, 1.807) is 20.4 Å². The molecule has 0 aliphatic carbocycles. The maximum absolute atomic E-state index is 13.7. The van der Waals surface area contributed by atoms with Gasteiger partial charge < -0.3 is 24.3 Å². The van der Waals surface area contributed by atoms with Crippen molar-refractivity contribution in [1.29, 1.82) is 0 Å². The molecule has 0 radical (unpaired) electrons. The molecule has 1 amide bonds. The Morgan fingerprint density at radius 1 is 0.933 bits per heavy atom. The molecule has 0 atom stereocenters. The summed E-state index contributed by atoms with van der Waals surface area (Å²) < 4.78 is 14.1. The van der Waals surface area contributed by atoms with Crippen LogP contribution in [0, 0.1) is 5.92 Å². The highest BCUT2D eigenvalue weighted by Crippen LogP contribution is 2.23. The third-order valence-corrected chi connectivity index (χ3v) is 9.43. The van der Waals surface area contributed by atoms with E-state index in [1.165, 1.54) is 15.6 Å². The number of hydrogen-bond acceptors (Lipinski definition) is 7. The van der Waals surface area contributed by atoms with Crippen LogP contribution >= 0.6 is 0 Å². The Kier molecular flexibility index (Phi) is 9.51. The van der Waals surface area contributed by atoms with Crippen molar-refractivity contribution in [1.82, 2.24) is 29.3 Å². The second-order valence-corrected chi connectivity index (χ2v) is 12.2. The normalized spacial score (nSPS) is 16.1. The number of hydrogen-bond donors (Lipinski definition) is 1. The number of nitrogens with one attached hydrogen (secondary N) is 1. The number of nitrogens with zero attached hydrogens (tertiary/aromatic N) is 5. The van der Waals surface area contributed by atoms with Crippen LogP contribution in [0.4, 0.5) is 0 Å². The molecular formula is C35H44N6O4. The fraction of sp³-hybridized carbons (Fsp3) is 0.457. The van der Waals surface area contributed by atoms with Crippen LogP contribution in [0.1, 0.15) is 52.5 Å². The first-order chi connectivity index (χ1) is 22.0. The first-order valence-corrected chi connectivity index (χ1v) is 16.1. The summed E-state index contributed by atoms with van der Waals surface area (Å²) in [7, 11) is 3.35. The van der Waals surface area contributed by atoms with Crippen molar-refractivity contribution in [2.24, 2.45) is 5.92 Å². The first-order valence-electron chi connectivity index (χ1n) is 16.1. The SMILES string of the molecule is CCn1c2c(c(=O)n3ncc(C(=O)NCC4CCN(CCc5ccc(OC)cc5)CC4)c13)CN(Cc1ccc(OC)cc1)CC2. The number of ether oxygens (including phenoxy) is 2. The number of benzene rings is 2. The van der Waals surface area contributed by atoms with Gasteiger partial charge in [0, 0.05) is 51.4 Å². The van der Waals surface area contributed by atoms with Crippen molar-refractivity contribution in [3.8, 4) is 11.5 Å². The lowest BCUT2D eigenvalue weighted by molar-refractivity contribution is 0.0937. The lowest BCUT2D eigenvalue weighted by Gasteiger charge is -2.32. The minimum atomic E-state index is -0.162. The van der Waals surface area contributed by atoms with Crippen molar-refractivity contribution in [3.05, 3.63) is 93.0 Å². The minimum Gasteiger partial charge on any atom is -0.497 e. The molecule has 2 aromatic heterocycles. The number of carbonyl (C=O) groups is 1. The number of methoxy groups -OCH3 is 2. The molecule has 0 unspecified atom stereocenters. The molecule has 10 heteroatoms. The van der Waals surface area contributed by atoms with Crippen LogP contribution in [0.25, 0.3) is 5.65 Å². The lowest BCUT2D eigenvalue weighted by atomic mass is 9.96. The summed E-state index contributed by atoms with van der Waals surface area (Å²) in [5, 5.41) is 7.59. The molecule has 10 nitrogen and oxygen atoms in total. The highest BCUT2D eigenvalue weighted by Gasteiger charge is 2.28. The van der Waals surface area contributed by atoms with Crippen LogP contribution in [-0.4, -0.2) is 76.8 Å². The number of carbonyl (C=O) groups excluding carboxylic acids is 1. The largest absolute Gasteiger partial charge is 0.497 e. The van der Waals surface area contributed by atoms with Gasteiger partial charge in [-0.15, -0.1) is 0 Å². The Bertz CT molecular complexity index is 1670. The van der Waals surface area contributed by atoms with E-state index in [1.807, 2.05) is 24.3 Å². The molecule has 0 bridgehead atoms. The molecule has 2 aliphatic rings. The summed E-state index contributed by atoms with van der Waals surface area (Å²) >= 11 is 0. The molecule has 4 aromatic rings. The van der Waals surface area contributed by atoms with Crippen molar-refractivity contribution in [3.63, 3.8) is 0 Å². The van der Waals surface area contributed by atoms with Crippen LogP contribution < -0.4 is 20.3 Å². The monoisotopic (exact) mass is 612 g/mol. The molecule has 1 fully saturated rings. The summed E-state index contributed by atoms with van der Waals surface area (Å²) in [4.78, 5) is 31.9. The van der Waals surface area contributed by atoms with Crippen molar-refractivity contribution < 1.29 is 14.3 Å². The third-order valence-electron chi connectivity index (χ3n) is 9.43. The van der Waals surface area contributed by atoms with Gasteiger partial charge in [0.1, 0.15) is 17.1 Å². The first kappa shape index (κ1) is 30.9. The molecule has 45 heavy (non-hydrogen) atoms. The topological polar surface area (TPSA) is 93.3 Å². The standard InChI is InChI=1S/C35H44N6O4/c1-4-40-32-16-20-39(23-27-7-11-29(45-3)12-8-27)24-31(32)35(43)41-34(40)30(22-37-41)33(42)36-21-26-14-18-38(19-15-26)17-13-25-5-9-28(44-2)10-6-25/h5-12,22,26H,4,13-21,23-24H2,1-3H3,(H,36,42). The number of aromatic nitrogens is 3. The summed E-state index contributed by atoms with van der Waals surface area (Å²) in [6.07, 6.45) is 5.42. The summed E-state index contributed by atoms with van der Waals surface area (Å²) in [5.41, 5.74) is 5.19. The predicted molar refractivity (Wildman–Crippen MR) is 174 cm³/mol. The lowest BCUT2D eigenvalue weighted by Crippen LogP contribution is -2.40. The zero-order valence-corrected chi connectivity index (χ0v) is 26.6. The smallest absolute Gasteiger partial charge is 0.279 e. The summed E-state index contributed by atoms with van der Waals surface area (Å²) in [6.45, 7) is 8.59. The number of likely N-dealkylation sites (tertiary alicyclic amines) is 1. The van der Waals surface area contributed by atoms with E-state index < -0.39 is 0 Å². The van der Waals surface area contributed by atoms with Crippen molar-refractivity contribution >= 4 is 11.6 Å². The Labute approximate surface area is 264 Å². The second kappa shape index (κ2) is 13.9. The van der Waals surface area contributed by atoms with E-state index >= 15 is 0 Å². The maximum Gasteiger partial charge on any atom is 0.279 e. The number of fused-ring (bicyclic) bond motifs is 2. The van der Waals surface area contributed by atoms with Crippen molar-refractivity contribution in [2.45, 2.75) is 52.2 Å². The van der Waals surface area contributed by atoms with Gasteiger partial charge in [0.15, 0.2) is 5.65 Å². The quantitative estimate of drug-likeness (QED) is 0.276. The average molecular weight is 613 g/mol. The Morgan fingerprint density at radius 2 is 1.60 bits per heavy atom. The Morgan fingerprint density at radius 3 is 2.24 bits per heavy atom. The third kappa shape index (κ3) is 6.77. The number of piperidine rings is 1. The highest BCUT2D eigenvalue weighted by molar-refractivity contribution is 5.99. The zero-order chi connectivity index (χ0) is 31.3. The molecule has 0 saturated carbocycles. The van der Waals surface area contributed by atoms with Crippen molar-refractivity contribution in [2.75, 3.05) is 46.9 Å². The molecule has 4 heterocycles. The molecule has 2 aliphatic heterocycles. The fourth-order valence-corrected chi connectivity index (χ4v) is 6.75. The van der Waals surface area contributed by atoms with E-state index in [0.29, 0.717) is 36.8 Å². The van der Waals surface area contributed by atoms with Crippen LogP contribution in [-0.2, 0) is 32.5 Å². The summed E-state index contributed by atoms with van der Waals surface area (Å²) in [5.74, 6) is 1.99. The van der Waals surface area contributed by atoms with E-state index in [4.69, 9.17) is 9.47 Å². The molecule has 238 valence electrons. The number of amides is 1. The molecule has 2 aromatic carbocycles. The summed E-state index contributed by atoms with van der Waals surface area (Å²) in [6, 6.07) is 16.4. The molecule has 6 rings (SSSR count). The van der Waals surface area contributed by atoms with E-state index in [9.17, 15) is 9.59 Å². The van der Waals surface area contributed by atoms with Gasteiger partial charge in [-0.3, -0.25) is 14.5 Å². The predicted octanol–water partition coefficient (Wildman–Crippen LogP) is 3.78. The molecule has 1 N–H and O–H groups in total. The second-order valence-electron chi connectivity index (χ2n) is 12.2. The van der Waals surface area contributed by atoms with Crippen LogP contribution in [0.3, 0.4) is 0 Å². The van der Waals surface area contributed by atoms with E-state index in [0.717, 1.165) is 81.2 Å². The van der Waals surface area contributed by atoms with Gasteiger partial charge in [0.25, 0.3) is 11.5 Å². The minimum absolute atomic E-state index is 0.134. The van der Waals surface area contributed by atoms with Gasteiger partial charge in [-0.2, -0.15) is 9.61 Å². The van der Waals surface area contributed by atoms with E-state index in [-0.39, 0.29) is 11.5 Å². The maximum atomic E-state index is 13.7. The van der Waals surface area contributed by atoms with Gasteiger partial charge >= 0.3 is 0 Å². The Balaban J connectivity index is 1.07. The fourth-order valence-electron chi connectivity index (χ4n) is 6.75. The molecule has 0 spiro atoms. The average Bonchev–Trinajstić information content (AvgIpc) is 3.53. The highest BCUT2D eigenvalue weighted by atomic mass is 16.5. The van der Waals surface area contributed by atoms with Gasteiger partial charge in [0.05, 0.1) is 26.0 Å². The van der Waals surface area contributed by atoms with Gasteiger partial charge in [0.2, 0.25) is 0 Å². The van der Waals surface area contributed by atoms with Crippen LogP contribution in [0.2, 0.25) is 0 Å². The van der Waals surface area contributed by atoms with E-state index in [2.05, 4.69) is 56.0 Å². The van der Waals surface area contributed by atoms with Gasteiger partial charge in [-0.05, 0) is 80.6 Å². The van der Waals surface area contributed by atoms with Gasteiger partial charge in [-0.25, -0.2) is 0 Å². The van der Waals surface area contributed by atoms with Gasteiger partial charge in [-0.1, -0.05) is 24.3 Å². The Hall–Kier alpha value is -4.15.